The average Bonchev–Trinajstić information content (AvgIpc) is 3.32. The maximum atomic E-state index is 13.4. The first kappa shape index (κ1) is 15.6. The summed E-state index contributed by atoms with van der Waals surface area (Å²) >= 11 is 0. The molecule has 1 saturated carbocycles. The highest BCUT2D eigenvalue weighted by atomic mass is 19.1. The molecule has 1 aromatic carbocycles. The molecule has 1 atom stereocenters. The Morgan fingerprint density at radius 2 is 2.20 bits per heavy atom. The molecule has 128 valence electrons. The Morgan fingerprint density at radius 1 is 1.40 bits per heavy atom. The van der Waals surface area contributed by atoms with Gasteiger partial charge in [-0.15, -0.1) is 0 Å². The van der Waals surface area contributed by atoms with Crippen LogP contribution in [0, 0.1) is 11.7 Å². The summed E-state index contributed by atoms with van der Waals surface area (Å²) in [5.74, 6) is -0.257. The van der Waals surface area contributed by atoms with Crippen molar-refractivity contribution >= 4 is 22.5 Å². The van der Waals surface area contributed by atoms with Gasteiger partial charge in [0.15, 0.2) is 0 Å². The summed E-state index contributed by atoms with van der Waals surface area (Å²) in [7, 11) is 0. The van der Waals surface area contributed by atoms with Crippen molar-refractivity contribution in [3.63, 3.8) is 0 Å². The lowest BCUT2D eigenvalue weighted by Gasteiger charge is -2.10. The van der Waals surface area contributed by atoms with Crippen LogP contribution in [-0.4, -0.2) is 20.7 Å². The van der Waals surface area contributed by atoms with Crippen molar-refractivity contribution in [2.24, 2.45) is 5.92 Å². The summed E-state index contributed by atoms with van der Waals surface area (Å²) in [6.45, 7) is 2.11. The third-order valence-electron chi connectivity index (χ3n) is 4.63. The molecule has 0 spiro atoms. The summed E-state index contributed by atoms with van der Waals surface area (Å²) in [5, 5.41) is 7.54. The van der Waals surface area contributed by atoms with Crippen LogP contribution in [-0.2, 0) is 0 Å². The number of nitrogens with zero attached hydrogens (tertiary/aromatic N) is 2. The van der Waals surface area contributed by atoms with Gasteiger partial charge in [0.25, 0.3) is 5.91 Å². The number of fused-ring (bicyclic) bond motifs is 1. The molecule has 7 heteroatoms. The number of carbonyl (C=O) groups excluding carboxylic acids is 1. The lowest BCUT2D eigenvalue weighted by atomic mass is 10.1. The Kier molecular flexibility index (Phi) is 3.63. The van der Waals surface area contributed by atoms with Gasteiger partial charge in [-0.2, -0.15) is 5.10 Å². The Bertz CT molecular complexity index is 1020. The molecule has 0 aliphatic heterocycles. The van der Waals surface area contributed by atoms with E-state index in [1.165, 1.54) is 37.1 Å². The molecule has 2 N–H and O–H groups in total. The van der Waals surface area contributed by atoms with Gasteiger partial charge in [-0.25, -0.2) is 4.39 Å². The second-order valence-electron chi connectivity index (χ2n) is 6.48. The van der Waals surface area contributed by atoms with E-state index in [0.29, 0.717) is 23.0 Å². The van der Waals surface area contributed by atoms with Crippen molar-refractivity contribution in [2.75, 3.05) is 5.32 Å². The molecule has 6 nitrogen and oxygen atoms in total. The van der Waals surface area contributed by atoms with Gasteiger partial charge in [0.1, 0.15) is 5.82 Å². The molecule has 1 unspecified atom stereocenters. The van der Waals surface area contributed by atoms with Crippen LogP contribution in [0.25, 0.3) is 10.9 Å². The molecule has 1 fully saturated rings. The molecule has 1 amide bonds. The molecule has 4 rings (SSSR count). The number of nitrogens with one attached hydrogen (secondary N) is 2. The van der Waals surface area contributed by atoms with E-state index in [4.69, 9.17) is 0 Å². The van der Waals surface area contributed by atoms with Crippen LogP contribution in [0.3, 0.4) is 0 Å². The van der Waals surface area contributed by atoms with Crippen molar-refractivity contribution < 1.29 is 9.18 Å². The number of H-pyrrole nitrogens is 1. The van der Waals surface area contributed by atoms with E-state index in [1.807, 2.05) is 4.68 Å². The number of benzene rings is 1. The molecule has 1 aliphatic carbocycles. The molecule has 3 aromatic rings. The Balaban J connectivity index is 1.63. The maximum absolute atomic E-state index is 13.4. The van der Waals surface area contributed by atoms with Crippen LogP contribution in [0.15, 0.2) is 41.5 Å². The topological polar surface area (TPSA) is 79.8 Å². The van der Waals surface area contributed by atoms with Crippen LogP contribution in [0.2, 0.25) is 0 Å². The molecule has 2 heterocycles. The number of carbonyl (C=O) groups is 1. The number of hydrogen-bond donors (Lipinski definition) is 2. The SMILES string of the molecule is CC(C1CC1)n1cc(NC(=O)c2cc(=O)[nH]c3cc(F)ccc23)cn1. The van der Waals surface area contributed by atoms with Gasteiger partial charge in [-0.3, -0.25) is 14.3 Å². The molecule has 0 saturated heterocycles. The highest BCUT2D eigenvalue weighted by Crippen LogP contribution is 2.39. The van der Waals surface area contributed by atoms with Gasteiger partial charge < -0.3 is 10.3 Å². The number of amides is 1. The van der Waals surface area contributed by atoms with E-state index in [0.717, 1.165) is 0 Å². The van der Waals surface area contributed by atoms with Crippen molar-refractivity contribution in [1.82, 2.24) is 14.8 Å². The third-order valence-corrected chi connectivity index (χ3v) is 4.63. The molecule has 2 aromatic heterocycles. The summed E-state index contributed by atoms with van der Waals surface area (Å²) in [6.07, 6.45) is 5.79. The highest BCUT2D eigenvalue weighted by molar-refractivity contribution is 6.12. The van der Waals surface area contributed by atoms with Crippen LogP contribution in [0.4, 0.5) is 10.1 Å². The molecular weight excluding hydrogens is 323 g/mol. The second kappa shape index (κ2) is 5.84. The first-order chi connectivity index (χ1) is 12.0. The monoisotopic (exact) mass is 340 g/mol. The van der Waals surface area contributed by atoms with Gasteiger partial charge in [-0.05, 0) is 43.9 Å². The average molecular weight is 340 g/mol. The van der Waals surface area contributed by atoms with Gasteiger partial charge in [0.2, 0.25) is 5.56 Å². The van der Waals surface area contributed by atoms with E-state index < -0.39 is 17.3 Å². The van der Waals surface area contributed by atoms with Crippen LogP contribution in [0.5, 0.6) is 0 Å². The Morgan fingerprint density at radius 3 is 2.96 bits per heavy atom. The lowest BCUT2D eigenvalue weighted by molar-refractivity contribution is 0.102. The van der Waals surface area contributed by atoms with Crippen LogP contribution in [0.1, 0.15) is 36.2 Å². The fraction of sp³-hybridized carbons (Fsp3) is 0.278. The fourth-order valence-electron chi connectivity index (χ4n) is 3.04. The number of rotatable bonds is 4. The zero-order valence-corrected chi connectivity index (χ0v) is 13.6. The maximum Gasteiger partial charge on any atom is 0.256 e. The number of halogens is 1. The quantitative estimate of drug-likeness (QED) is 0.766. The van der Waals surface area contributed by atoms with Crippen molar-refractivity contribution in [1.29, 1.82) is 0 Å². The highest BCUT2D eigenvalue weighted by Gasteiger charge is 2.29. The zero-order chi connectivity index (χ0) is 17.6. The summed E-state index contributed by atoms with van der Waals surface area (Å²) in [4.78, 5) is 26.9. The zero-order valence-electron chi connectivity index (χ0n) is 13.6. The normalized spacial score (nSPS) is 15.3. The fourth-order valence-corrected chi connectivity index (χ4v) is 3.04. The standard InChI is InChI=1S/C18H17FN4O2/c1-10(11-2-3-11)23-9-13(8-20-23)21-18(25)15-7-17(24)22-16-6-12(19)4-5-14(15)16/h4-11H,2-3H2,1H3,(H,21,25)(H,22,24). The number of aromatic nitrogens is 3. The summed E-state index contributed by atoms with van der Waals surface area (Å²) in [5.41, 5.74) is 0.590. The number of pyridine rings is 1. The minimum atomic E-state index is -0.476. The third kappa shape index (κ3) is 3.05. The van der Waals surface area contributed by atoms with E-state index in [9.17, 15) is 14.0 Å². The van der Waals surface area contributed by atoms with Gasteiger partial charge in [0.05, 0.1) is 29.0 Å². The largest absolute Gasteiger partial charge is 0.322 e. The van der Waals surface area contributed by atoms with E-state index >= 15 is 0 Å². The van der Waals surface area contributed by atoms with Crippen LogP contribution < -0.4 is 10.9 Å². The summed E-state index contributed by atoms with van der Waals surface area (Å²) < 4.78 is 15.2. The van der Waals surface area contributed by atoms with Gasteiger partial charge in [-0.1, -0.05) is 0 Å². The van der Waals surface area contributed by atoms with E-state index in [-0.39, 0.29) is 11.1 Å². The minimum absolute atomic E-state index is 0.196. The van der Waals surface area contributed by atoms with E-state index in [1.54, 1.807) is 12.4 Å². The molecule has 25 heavy (non-hydrogen) atoms. The molecule has 0 bridgehead atoms. The minimum Gasteiger partial charge on any atom is -0.322 e. The number of hydrogen-bond acceptors (Lipinski definition) is 3. The molecular formula is C18H17FN4O2. The summed E-state index contributed by atoms with van der Waals surface area (Å²) in [6, 6.07) is 5.45. The Hall–Kier alpha value is -2.96. The molecule has 0 radical (unpaired) electrons. The van der Waals surface area contributed by atoms with E-state index in [2.05, 4.69) is 22.3 Å². The first-order valence-corrected chi connectivity index (χ1v) is 8.19. The van der Waals surface area contributed by atoms with Crippen molar-refractivity contribution in [3.05, 3.63) is 58.4 Å². The number of aromatic amines is 1. The van der Waals surface area contributed by atoms with Crippen molar-refractivity contribution in [3.8, 4) is 0 Å². The van der Waals surface area contributed by atoms with Gasteiger partial charge in [0, 0.05) is 17.6 Å². The molecule has 1 aliphatic rings. The Labute approximate surface area is 142 Å². The smallest absolute Gasteiger partial charge is 0.256 e. The predicted molar refractivity (Wildman–Crippen MR) is 92.1 cm³/mol. The predicted octanol–water partition coefficient (Wildman–Crippen LogP) is 3.09. The lowest BCUT2D eigenvalue weighted by Crippen LogP contribution is -2.16. The second-order valence-corrected chi connectivity index (χ2v) is 6.48. The van der Waals surface area contributed by atoms with Gasteiger partial charge >= 0.3 is 0 Å². The number of anilines is 1. The first-order valence-electron chi connectivity index (χ1n) is 8.19. The van der Waals surface area contributed by atoms with Crippen LogP contribution >= 0.6 is 0 Å². The van der Waals surface area contributed by atoms with Crippen molar-refractivity contribution in [2.45, 2.75) is 25.8 Å².